The molecular formula is C13H20N4O. The molecule has 0 heterocycles. The number of guanidine groups is 1. The third-order valence-corrected chi connectivity index (χ3v) is 2.25. The van der Waals surface area contributed by atoms with Crippen molar-refractivity contribution in [2.45, 2.75) is 26.8 Å². The van der Waals surface area contributed by atoms with Crippen molar-refractivity contribution < 1.29 is 4.79 Å². The summed E-state index contributed by atoms with van der Waals surface area (Å²) in [5, 5.41) is 2.85. The first kappa shape index (κ1) is 14.0. The van der Waals surface area contributed by atoms with Gasteiger partial charge < -0.3 is 16.8 Å². The molecule has 0 saturated carbocycles. The molecule has 98 valence electrons. The Morgan fingerprint density at radius 1 is 1.39 bits per heavy atom. The number of nitrogens with one attached hydrogen (secondary N) is 1. The highest BCUT2D eigenvalue weighted by atomic mass is 16.1. The molecule has 0 bridgehead atoms. The number of nitrogens with two attached hydrogens (primary N) is 2. The van der Waals surface area contributed by atoms with Crippen LogP contribution in [0.3, 0.4) is 0 Å². The third-order valence-electron chi connectivity index (χ3n) is 2.25. The van der Waals surface area contributed by atoms with Crippen molar-refractivity contribution in [3.8, 4) is 0 Å². The van der Waals surface area contributed by atoms with Crippen LogP contribution >= 0.6 is 0 Å². The van der Waals surface area contributed by atoms with E-state index in [2.05, 4.69) is 10.3 Å². The molecule has 0 unspecified atom stereocenters. The summed E-state index contributed by atoms with van der Waals surface area (Å²) in [7, 11) is 0. The van der Waals surface area contributed by atoms with Gasteiger partial charge in [0.25, 0.3) is 0 Å². The second-order valence-electron chi connectivity index (χ2n) is 4.59. The minimum absolute atomic E-state index is 0.0176. The highest BCUT2D eigenvalue weighted by molar-refractivity contribution is 5.90. The highest BCUT2D eigenvalue weighted by Crippen LogP contribution is 2.12. The Kier molecular flexibility index (Phi) is 5.17. The molecule has 0 fully saturated rings. The second-order valence-corrected chi connectivity index (χ2v) is 4.59. The minimum Gasteiger partial charge on any atom is -0.370 e. The fourth-order valence-corrected chi connectivity index (χ4v) is 1.51. The Balaban J connectivity index is 2.64. The Morgan fingerprint density at radius 2 is 2.11 bits per heavy atom. The number of nitrogens with zero attached hydrogens (tertiary/aromatic N) is 1. The molecule has 18 heavy (non-hydrogen) atoms. The molecule has 5 nitrogen and oxygen atoms in total. The fourth-order valence-electron chi connectivity index (χ4n) is 1.51. The quantitative estimate of drug-likeness (QED) is 0.543. The number of hydrogen-bond acceptors (Lipinski definition) is 2. The number of aliphatic imine (C=N–C) groups is 1. The molecule has 5 heteroatoms. The first-order chi connectivity index (χ1) is 8.47. The first-order valence-corrected chi connectivity index (χ1v) is 5.91. The lowest BCUT2D eigenvalue weighted by Crippen LogP contribution is -2.22. The van der Waals surface area contributed by atoms with Crippen LogP contribution in [0.25, 0.3) is 0 Å². The van der Waals surface area contributed by atoms with Gasteiger partial charge in [0, 0.05) is 12.1 Å². The van der Waals surface area contributed by atoms with Crippen LogP contribution in [0.15, 0.2) is 29.3 Å². The van der Waals surface area contributed by atoms with Crippen molar-refractivity contribution in [2.75, 3.05) is 5.32 Å². The maximum atomic E-state index is 11.6. The van der Waals surface area contributed by atoms with Crippen molar-refractivity contribution in [3.63, 3.8) is 0 Å². The minimum atomic E-state index is 0.0176. The summed E-state index contributed by atoms with van der Waals surface area (Å²) in [6.07, 6.45) is 0.512. The van der Waals surface area contributed by atoms with E-state index in [1.54, 1.807) is 0 Å². The predicted molar refractivity (Wildman–Crippen MR) is 74.0 cm³/mol. The normalized spacial score (nSPS) is 10.2. The van der Waals surface area contributed by atoms with Crippen LogP contribution in [0, 0.1) is 5.92 Å². The van der Waals surface area contributed by atoms with Crippen molar-refractivity contribution in [1.29, 1.82) is 0 Å². The topological polar surface area (TPSA) is 93.5 Å². The number of rotatable bonds is 5. The number of hydrogen-bond donors (Lipinski definition) is 3. The van der Waals surface area contributed by atoms with Crippen molar-refractivity contribution in [1.82, 2.24) is 0 Å². The number of amides is 1. The lowest BCUT2D eigenvalue weighted by atomic mass is 10.1. The largest absolute Gasteiger partial charge is 0.370 e. The van der Waals surface area contributed by atoms with Crippen LogP contribution in [0.5, 0.6) is 0 Å². The Bertz CT molecular complexity index is 436. The van der Waals surface area contributed by atoms with Crippen LogP contribution in [0.4, 0.5) is 5.69 Å². The molecule has 0 aromatic heterocycles. The van der Waals surface area contributed by atoms with Gasteiger partial charge >= 0.3 is 0 Å². The van der Waals surface area contributed by atoms with E-state index in [0.717, 1.165) is 11.3 Å². The summed E-state index contributed by atoms with van der Waals surface area (Å²) in [6.45, 7) is 4.43. The Labute approximate surface area is 107 Å². The molecule has 1 aromatic carbocycles. The first-order valence-electron chi connectivity index (χ1n) is 5.91. The molecule has 0 aliphatic carbocycles. The van der Waals surface area contributed by atoms with Gasteiger partial charge in [0.2, 0.25) is 5.91 Å². The average molecular weight is 248 g/mol. The summed E-state index contributed by atoms with van der Waals surface area (Å²) in [4.78, 5) is 15.5. The number of anilines is 1. The van der Waals surface area contributed by atoms with Gasteiger partial charge in [0.1, 0.15) is 0 Å². The molecule has 0 radical (unpaired) electrons. The summed E-state index contributed by atoms with van der Waals surface area (Å²) in [5.41, 5.74) is 12.3. The molecule has 0 aliphatic heterocycles. The van der Waals surface area contributed by atoms with E-state index in [4.69, 9.17) is 11.5 Å². The molecule has 0 spiro atoms. The molecule has 1 aromatic rings. The van der Waals surface area contributed by atoms with E-state index in [9.17, 15) is 4.79 Å². The molecule has 5 N–H and O–H groups in total. The van der Waals surface area contributed by atoms with E-state index >= 15 is 0 Å². The summed E-state index contributed by atoms with van der Waals surface area (Å²) < 4.78 is 0. The summed E-state index contributed by atoms with van der Waals surface area (Å²) >= 11 is 0. The van der Waals surface area contributed by atoms with Gasteiger partial charge in [-0.15, -0.1) is 0 Å². The predicted octanol–water partition coefficient (Wildman–Crippen LogP) is 1.44. The average Bonchev–Trinajstić information content (AvgIpc) is 2.25. The number of carbonyl (C=O) groups is 1. The van der Waals surface area contributed by atoms with Crippen LogP contribution in [0.2, 0.25) is 0 Å². The number of carbonyl (C=O) groups excluding carboxylic acids is 1. The molecule has 1 amide bonds. The van der Waals surface area contributed by atoms with E-state index < -0.39 is 0 Å². The van der Waals surface area contributed by atoms with Crippen molar-refractivity contribution >= 4 is 17.6 Å². The molecule has 0 atom stereocenters. The van der Waals surface area contributed by atoms with Crippen LogP contribution in [0.1, 0.15) is 25.8 Å². The molecular weight excluding hydrogens is 228 g/mol. The number of benzene rings is 1. The third kappa shape index (κ3) is 5.34. The monoisotopic (exact) mass is 248 g/mol. The SMILES string of the molecule is CC(C)CC(=O)Nc1cccc(CN=C(N)N)c1. The standard InChI is InChI=1S/C13H20N4O/c1-9(2)6-12(18)17-11-5-3-4-10(7-11)8-16-13(14)15/h3-5,7,9H,6,8H2,1-2H3,(H,17,18)(H4,14,15,16). The smallest absolute Gasteiger partial charge is 0.224 e. The zero-order valence-electron chi connectivity index (χ0n) is 10.8. The van der Waals surface area contributed by atoms with Crippen molar-refractivity contribution in [2.24, 2.45) is 22.4 Å². The van der Waals surface area contributed by atoms with Gasteiger partial charge in [-0.2, -0.15) is 0 Å². The maximum absolute atomic E-state index is 11.6. The zero-order valence-corrected chi connectivity index (χ0v) is 10.8. The highest BCUT2D eigenvalue weighted by Gasteiger charge is 2.05. The van der Waals surface area contributed by atoms with E-state index in [1.165, 1.54) is 0 Å². The summed E-state index contributed by atoms with van der Waals surface area (Å²) in [6, 6.07) is 7.48. The molecule has 0 aliphatic rings. The zero-order chi connectivity index (χ0) is 13.5. The van der Waals surface area contributed by atoms with Crippen molar-refractivity contribution in [3.05, 3.63) is 29.8 Å². The van der Waals surface area contributed by atoms with Crippen LogP contribution in [-0.4, -0.2) is 11.9 Å². The van der Waals surface area contributed by atoms with E-state index in [0.29, 0.717) is 18.9 Å². The van der Waals surface area contributed by atoms with E-state index in [-0.39, 0.29) is 11.9 Å². The second kappa shape index (κ2) is 6.64. The summed E-state index contributed by atoms with van der Waals surface area (Å²) in [5.74, 6) is 0.419. The lowest BCUT2D eigenvalue weighted by Gasteiger charge is -2.08. The van der Waals surface area contributed by atoms with Gasteiger partial charge in [0.15, 0.2) is 5.96 Å². The van der Waals surface area contributed by atoms with E-state index in [1.807, 2.05) is 38.1 Å². The Morgan fingerprint density at radius 3 is 2.72 bits per heavy atom. The lowest BCUT2D eigenvalue weighted by molar-refractivity contribution is -0.116. The van der Waals surface area contributed by atoms with Gasteiger partial charge in [-0.3, -0.25) is 4.79 Å². The van der Waals surface area contributed by atoms with Gasteiger partial charge in [0.05, 0.1) is 6.54 Å². The fraction of sp³-hybridized carbons (Fsp3) is 0.385. The van der Waals surface area contributed by atoms with Crippen LogP contribution < -0.4 is 16.8 Å². The Hall–Kier alpha value is -2.04. The molecule has 0 saturated heterocycles. The van der Waals surface area contributed by atoms with Gasteiger partial charge in [-0.05, 0) is 23.6 Å². The molecule has 1 rings (SSSR count). The van der Waals surface area contributed by atoms with Crippen LogP contribution in [-0.2, 0) is 11.3 Å². The maximum Gasteiger partial charge on any atom is 0.224 e. The van der Waals surface area contributed by atoms with Gasteiger partial charge in [-0.25, -0.2) is 4.99 Å². The van der Waals surface area contributed by atoms with Gasteiger partial charge in [-0.1, -0.05) is 26.0 Å².